The Labute approximate surface area is 98.8 Å². The first-order valence-electron chi connectivity index (χ1n) is 5.55. The molecule has 2 aromatic rings. The molecule has 0 N–H and O–H groups in total. The third kappa shape index (κ3) is 1.68. The largest absolute Gasteiger partial charge is 0.296 e. The zero-order valence-corrected chi connectivity index (χ0v) is 9.69. The van der Waals surface area contributed by atoms with Crippen LogP contribution in [0.15, 0.2) is 18.2 Å². The summed E-state index contributed by atoms with van der Waals surface area (Å²) in [7, 11) is 0. The van der Waals surface area contributed by atoms with Gasteiger partial charge in [0.15, 0.2) is 11.5 Å². The van der Waals surface area contributed by atoms with Gasteiger partial charge in [-0.25, -0.2) is 0 Å². The van der Waals surface area contributed by atoms with E-state index in [-0.39, 0.29) is 0 Å². The fourth-order valence-corrected chi connectivity index (χ4v) is 2.46. The normalized spacial score (nSPS) is 17.3. The standard InChI is InChI=1S/C11H13ClN4/c12-9-4-3-5-10-13-14-11(16(9)10)8-15-6-1-2-7-15/h3-5H,1-2,6-8H2. The van der Waals surface area contributed by atoms with Gasteiger partial charge in [0.2, 0.25) is 0 Å². The number of halogens is 1. The third-order valence-corrected chi connectivity index (χ3v) is 3.31. The van der Waals surface area contributed by atoms with Gasteiger partial charge >= 0.3 is 0 Å². The summed E-state index contributed by atoms with van der Waals surface area (Å²) < 4.78 is 1.92. The summed E-state index contributed by atoms with van der Waals surface area (Å²) >= 11 is 6.15. The van der Waals surface area contributed by atoms with Crippen molar-refractivity contribution in [3.05, 3.63) is 29.2 Å². The molecule has 1 fully saturated rings. The fourth-order valence-electron chi connectivity index (χ4n) is 2.20. The SMILES string of the molecule is Clc1cccc2nnc(CN3CCCC3)n12. The molecule has 5 heteroatoms. The van der Waals surface area contributed by atoms with Crippen molar-refractivity contribution in [2.75, 3.05) is 13.1 Å². The predicted molar refractivity (Wildman–Crippen MR) is 62.5 cm³/mol. The van der Waals surface area contributed by atoms with Crippen LogP contribution in [0.2, 0.25) is 5.15 Å². The fraction of sp³-hybridized carbons (Fsp3) is 0.455. The van der Waals surface area contributed by atoms with Crippen molar-refractivity contribution < 1.29 is 0 Å². The molecule has 0 spiro atoms. The van der Waals surface area contributed by atoms with Crippen molar-refractivity contribution >= 4 is 17.2 Å². The summed E-state index contributed by atoms with van der Waals surface area (Å²) in [6, 6.07) is 5.68. The average Bonchev–Trinajstić information content (AvgIpc) is 2.90. The third-order valence-electron chi connectivity index (χ3n) is 3.01. The second-order valence-corrected chi connectivity index (χ2v) is 4.53. The highest BCUT2D eigenvalue weighted by molar-refractivity contribution is 6.29. The van der Waals surface area contributed by atoms with Gasteiger partial charge in [-0.15, -0.1) is 10.2 Å². The highest BCUT2D eigenvalue weighted by Gasteiger charge is 2.15. The zero-order chi connectivity index (χ0) is 11.0. The van der Waals surface area contributed by atoms with Gasteiger partial charge < -0.3 is 0 Å². The lowest BCUT2D eigenvalue weighted by Crippen LogP contribution is -2.20. The Morgan fingerprint density at radius 2 is 2.00 bits per heavy atom. The Morgan fingerprint density at radius 3 is 2.81 bits per heavy atom. The maximum Gasteiger partial charge on any atom is 0.161 e. The first-order chi connectivity index (χ1) is 7.84. The van der Waals surface area contributed by atoms with Crippen molar-refractivity contribution in [2.24, 2.45) is 0 Å². The monoisotopic (exact) mass is 236 g/mol. The van der Waals surface area contributed by atoms with E-state index in [1.54, 1.807) is 0 Å². The molecule has 0 saturated carbocycles. The molecule has 3 rings (SSSR count). The Balaban J connectivity index is 1.97. The summed E-state index contributed by atoms with van der Waals surface area (Å²) in [6.07, 6.45) is 2.56. The number of aromatic nitrogens is 3. The molecular weight excluding hydrogens is 224 g/mol. The summed E-state index contributed by atoms with van der Waals surface area (Å²) in [5, 5.41) is 9.01. The summed E-state index contributed by atoms with van der Waals surface area (Å²) in [5.41, 5.74) is 0.821. The quantitative estimate of drug-likeness (QED) is 0.748. The summed E-state index contributed by atoms with van der Waals surface area (Å²) in [5.74, 6) is 0.933. The Kier molecular flexibility index (Phi) is 2.53. The lowest BCUT2D eigenvalue weighted by Gasteiger charge is -2.12. The van der Waals surface area contributed by atoms with Crippen LogP contribution in [0.25, 0.3) is 5.65 Å². The maximum atomic E-state index is 6.15. The van der Waals surface area contributed by atoms with Gasteiger partial charge in [-0.1, -0.05) is 17.7 Å². The number of nitrogens with zero attached hydrogens (tertiary/aromatic N) is 4. The van der Waals surface area contributed by atoms with Gasteiger partial charge in [0.05, 0.1) is 6.54 Å². The van der Waals surface area contributed by atoms with E-state index in [9.17, 15) is 0 Å². The van der Waals surface area contributed by atoms with E-state index in [0.717, 1.165) is 31.1 Å². The van der Waals surface area contributed by atoms with Crippen molar-refractivity contribution in [1.82, 2.24) is 19.5 Å². The van der Waals surface area contributed by atoms with Gasteiger partial charge in [0, 0.05) is 0 Å². The number of likely N-dealkylation sites (tertiary alicyclic amines) is 1. The summed E-state index contributed by atoms with van der Waals surface area (Å²) in [4.78, 5) is 2.39. The van der Waals surface area contributed by atoms with Crippen LogP contribution >= 0.6 is 11.6 Å². The Hall–Kier alpha value is -1.13. The maximum absolute atomic E-state index is 6.15. The highest BCUT2D eigenvalue weighted by atomic mass is 35.5. The van der Waals surface area contributed by atoms with Gasteiger partial charge in [-0.05, 0) is 38.1 Å². The van der Waals surface area contributed by atoms with E-state index in [4.69, 9.17) is 11.6 Å². The lowest BCUT2D eigenvalue weighted by molar-refractivity contribution is 0.321. The van der Waals surface area contributed by atoms with E-state index >= 15 is 0 Å². The van der Waals surface area contributed by atoms with Crippen LogP contribution in [0.5, 0.6) is 0 Å². The van der Waals surface area contributed by atoms with E-state index in [1.807, 2.05) is 22.6 Å². The van der Waals surface area contributed by atoms with E-state index in [0.29, 0.717) is 5.15 Å². The van der Waals surface area contributed by atoms with Crippen LogP contribution in [-0.4, -0.2) is 32.6 Å². The van der Waals surface area contributed by atoms with Crippen LogP contribution < -0.4 is 0 Å². The number of rotatable bonds is 2. The molecule has 0 atom stereocenters. The lowest BCUT2D eigenvalue weighted by atomic mass is 10.4. The van der Waals surface area contributed by atoms with Crippen LogP contribution in [-0.2, 0) is 6.54 Å². The molecule has 0 radical (unpaired) electrons. The number of pyridine rings is 1. The van der Waals surface area contributed by atoms with Gasteiger partial charge in [-0.2, -0.15) is 0 Å². The smallest absolute Gasteiger partial charge is 0.161 e. The summed E-state index contributed by atoms with van der Waals surface area (Å²) in [6.45, 7) is 3.14. The van der Waals surface area contributed by atoms with Crippen molar-refractivity contribution in [3.63, 3.8) is 0 Å². The molecule has 0 unspecified atom stereocenters. The molecule has 1 aliphatic heterocycles. The molecule has 0 aromatic carbocycles. The topological polar surface area (TPSA) is 33.4 Å². The minimum Gasteiger partial charge on any atom is -0.296 e. The molecule has 0 bridgehead atoms. The zero-order valence-electron chi connectivity index (χ0n) is 8.93. The minimum atomic E-state index is 0.677. The van der Waals surface area contributed by atoms with Gasteiger partial charge in [-0.3, -0.25) is 9.30 Å². The molecule has 84 valence electrons. The molecule has 1 aliphatic rings. The molecule has 4 nitrogen and oxygen atoms in total. The molecule has 3 heterocycles. The van der Waals surface area contributed by atoms with Gasteiger partial charge in [0.1, 0.15) is 5.15 Å². The second-order valence-electron chi connectivity index (χ2n) is 4.14. The van der Waals surface area contributed by atoms with Crippen molar-refractivity contribution in [3.8, 4) is 0 Å². The number of fused-ring (bicyclic) bond motifs is 1. The molecule has 1 saturated heterocycles. The predicted octanol–water partition coefficient (Wildman–Crippen LogP) is 1.98. The molecular formula is C11H13ClN4. The Bertz CT molecular complexity index is 502. The van der Waals surface area contributed by atoms with Crippen molar-refractivity contribution in [1.29, 1.82) is 0 Å². The minimum absolute atomic E-state index is 0.677. The number of hydrogen-bond acceptors (Lipinski definition) is 3. The van der Waals surface area contributed by atoms with E-state index < -0.39 is 0 Å². The molecule has 2 aromatic heterocycles. The molecule has 16 heavy (non-hydrogen) atoms. The van der Waals surface area contributed by atoms with Gasteiger partial charge in [0.25, 0.3) is 0 Å². The molecule has 0 amide bonds. The van der Waals surface area contributed by atoms with E-state index in [2.05, 4.69) is 15.1 Å². The highest BCUT2D eigenvalue weighted by Crippen LogP contribution is 2.16. The first kappa shape index (κ1) is 10.1. The van der Waals surface area contributed by atoms with Crippen LogP contribution in [0.1, 0.15) is 18.7 Å². The molecule has 0 aliphatic carbocycles. The first-order valence-corrected chi connectivity index (χ1v) is 5.93. The van der Waals surface area contributed by atoms with Crippen LogP contribution in [0, 0.1) is 0 Å². The van der Waals surface area contributed by atoms with E-state index in [1.165, 1.54) is 12.8 Å². The van der Waals surface area contributed by atoms with Crippen molar-refractivity contribution in [2.45, 2.75) is 19.4 Å². The van der Waals surface area contributed by atoms with Crippen LogP contribution in [0.3, 0.4) is 0 Å². The number of hydrogen-bond donors (Lipinski definition) is 0. The average molecular weight is 237 g/mol. The Morgan fingerprint density at radius 1 is 1.19 bits per heavy atom. The van der Waals surface area contributed by atoms with Crippen LogP contribution in [0.4, 0.5) is 0 Å². The second kappa shape index (κ2) is 4.03.